The van der Waals surface area contributed by atoms with E-state index in [4.69, 9.17) is 0 Å². The van der Waals surface area contributed by atoms with E-state index in [1.165, 1.54) is 6.07 Å². The molecule has 0 saturated carbocycles. The Kier molecular flexibility index (Phi) is 3.74. The summed E-state index contributed by atoms with van der Waals surface area (Å²) in [5, 5.41) is 5.95. The molecule has 2 rings (SSSR count). The lowest BCUT2D eigenvalue weighted by atomic mass is 10.0. The molecule has 0 aliphatic carbocycles. The van der Waals surface area contributed by atoms with Crippen molar-refractivity contribution < 1.29 is 9.18 Å². The molecule has 3 nitrogen and oxygen atoms in total. The standard InChI is InChI=1S/C13H17FN2O/c1-9-10(14)5-4-7-11(9)16-13(17)12-6-2-3-8-15-12/h4-5,7,12,15H,2-3,6,8H2,1H3,(H,16,17). The van der Waals surface area contributed by atoms with Gasteiger partial charge in [0.05, 0.1) is 6.04 Å². The van der Waals surface area contributed by atoms with Gasteiger partial charge in [0.15, 0.2) is 0 Å². The maximum Gasteiger partial charge on any atom is 0.241 e. The highest BCUT2D eigenvalue weighted by Gasteiger charge is 2.21. The molecule has 1 aromatic rings. The third-order valence-electron chi connectivity index (χ3n) is 3.15. The van der Waals surface area contributed by atoms with E-state index in [-0.39, 0.29) is 17.8 Å². The lowest BCUT2D eigenvalue weighted by Crippen LogP contribution is -2.43. The molecular weight excluding hydrogens is 219 g/mol. The Morgan fingerprint density at radius 3 is 3.00 bits per heavy atom. The zero-order valence-electron chi connectivity index (χ0n) is 9.92. The van der Waals surface area contributed by atoms with Crippen molar-refractivity contribution in [2.75, 3.05) is 11.9 Å². The van der Waals surface area contributed by atoms with E-state index < -0.39 is 0 Å². The topological polar surface area (TPSA) is 41.1 Å². The number of amides is 1. The van der Waals surface area contributed by atoms with E-state index in [1.807, 2.05) is 0 Å². The lowest BCUT2D eigenvalue weighted by molar-refractivity contribution is -0.118. The molecule has 1 atom stereocenters. The number of benzene rings is 1. The first-order valence-corrected chi connectivity index (χ1v) is 5.98. The number of rotatable bonds is 2. The van der Waals surface area contributed by atoms with Gasteiger partial charge in [-0.1, -0.05) is 12.5 Å². The molecule has 1 amide bonds. The molecule has 1 heterocycles. The first-order chi connectivity index (χ1) is 8.18. The molecule has 0 radical (unpaired) electrons. The number of carbonyl (C=O) groups is 1. The number of piperidine rings is 1. The van der Waals surface area contributed by atoms with Crippen LogP contribution in [0.15, 0.2) is 18.2 Å². The van der Waals surface area contributed by atoms with Gasteiger partial charge >= 0.3 is 0 Å². The predicted octanol–water partition coefficient (Wildman–Crippen LogP) is 2.21. The van der Waals surface area contributed by atoms with Gasteiger partial charge in [-0.15, -0.1) is 0 Å². The molecule has 0 bridgehead atoms. The second-order valence-corrected chi connectivity index (χ2v) is 4.40. The summed E-state index contributed by atoms with van der Waals surface area (Å²) in [6.07, 6.45) is 3.02. The number of hydrogen-bond acceptors (Lipinski definition) is 2. The zero-order valence-corrected chi connectivity index (χ0v) is 9.92. The van der Waals surface area contributed by atoms with Crippen LogP contribution in [0.2, 0.25) is 0 Å². The van der Waals surface area contributed by atoms with Gasteiger partial charge in [-0.05, 0) is 38.4 Å². The quantitative estimate of drug-likeness (QED) is 0.826. The van der Waals surface area contributed by atoms with E-state index in [1.54, 1.807) is 19.1 Å². The fourth-order valence-electron chi connectivity index (χ4n) is 2.04. The molecule has 1 aliphatic heterocycles. The van der Waals surface area contributed by atoms with Crippen molar-refractivity contribution in [3.8, 4) is 0 Å². The second kappa shape index (κ2) is 5.27. The van der Waals surface area contributed by atoms with Gasteiger partial charge in [-0.3, -0.25) is 4.79 Å². The Labute approximate surface area is 100 Å². The number of halogens is 1. The molecule has 4 heteroatoms. The van der Waals surface area contributed by atoms with Crippen LogP contribution in [0.5, 0.6) is 0 Å². The van der Waals surface area contributed by atoms with Crippen LogP contribution >= 0.6 is 0 Å². The van der Waals surface area contributed by atoms with Crippen molar-refractivity contribution in [3.63, 3.8) is 0 Å². The lowest BCUT2D eigenvalue weighted by Gasteiger charge is -2.22. The molecule has 1 aliphatic rings. The highest BCUT2D eigenvalue weighted by atomic mass is 19.1. The fourth-order valence-corrected chi connectivity index (χ4v) is 2.04. The van der Waals surface area contributed by atoms with Crippen LogP contribution < -0.4 is 10.6 Å². The zero-order chi connectivity index (χ0) is 12.3. The Balaban J connectivity index is 2.04. The Hall–Kier alpha value is -1.42. The van der Waals surface area contributed by atoms with E-state index in [9.17, 15) is 9.18 Å². The third kappa shape index (κ3) is 2.82. The van der Waals surface area contributed by atoms with Crippen molar-refractivity contribution in [3.05, 3.63) is 29.6 Å². The summed E-state index contributed by atoms with van der Waals surface area (Å²) >= 11 is 0. The monoisotopic (exact) mass is 236 g/mol. The molecule has 17 heavy (non-hydrogen) atoms. The van der Waals surface area contributed by atoms with Gasteiger partial charge in [0.1, 0.15) is 5.82 Å². The number of anilines is 1. The summed E-state index contributed by atoms with van der Waals surface area (Å²) in [7, 11) is 0. The van der Waals surface area contributed by atoms with E-state index >= 15 is 0 Å². The highest BCUT2D eigenvalue weighted by molar-refractivity contribution is 5.95. The molecule has 1 saturated heterocycles. The van der Waals surface area contributed by atoms with E-state index in [2.05, 4.69) is 10.6 Å². The second-order valence-electron chi connectivity index (χ2n) is 4.40. The van der Waals surface area contributed by atoms with Gasteiger partial charge in [-0.25, -0.2) is 4.39 Å². The molecule has 1 aromatic carbocycles. The summed E-state index contributed by atoms with van der Waals surface area (Å²) in [4.78, 5) is 11.9. The van der Waals surface area contributed by atoms with Gasteiger partial charge in [0.25, 0.3) is 0 Å². The van der Waals surface area contributed by atoms with Crippen molar-refractivity contribution in [2.45, 2.75) is 32.2 Å². The van der Waals surface area contributed by atoms with Crippen LogP contribution in [0, 0.1) is 12.7 Å². The van der Waals surface area contributed by atoms with Gasteiger partial charge in [0.2, 0.25) is 5.91 Å². The van der Waals surface area contributed by atoms with Crippen molar-refractivity contribution in [2.24, 2.45) is 0 Å². The minimum atomic E-state index is -0.292. The minimum Gasteiger partial charge on any atom is -0.324 e. The first kappa shape index (κ1) is 12.0. The van der Waals surface area contributed by atoms with Crippen molar-refractivity contribution >= 4 is 11.6 Å². The summed E-state index contributed by atoms with van der Waals surface area (Å²) < 4.78 is 13.3. The Morgan fingerprint density at radius 2 is 2.29 bits per heavy atom. The van der Waals surface area contributed by atoms with E-state index in [0.29, 0.717) is 11.3 Å². The molecular formula is C13H17FN2O. The molecule has 0 aromatic heterocycles. The summed E-state index contributed by atoms with van der Waals surface area (Å²) in [6, 6.07) is 4.57. The van der Waals surface area contributed by atoms with Crippen LogP contribution in [0.4, 0.5) is 10.1 Å². The minimum absolute atomic E-state index is 0.0709. The van der Waals surface area contributed by atoms with Gasteiger partial charge in [0, 0.05) is 11.3 Å². The first-order valence-electron chi connectivity index (χ1n) is 5.98. The maximum atomic E-state index is 13.3. The van der Waals surface area contributed by atoms with Crippen LogP contribution in [0.1, 0.15) is 24.8 Å². The van der Waals surface area contributed by atoms with Crippen LogP contribution in [-0.2, 0) is 4.79 Å². The van der Waals surface area contributed by atoms with E-state index in [0.717, 1.165) is 25.8 Å². The largest absolute Gasteiger partial charge is 0.324 e. The number of carbonyl (C=O) groups excluding carboxylic acids is 1. The summed E-state index contributed by atoms with van der Waals surface area (Å²) in [6.45, 7) is 2.54. The Bertz CT molecular complexity index is 414. The molecule has 1 unspecified atom stereocenters. The van der Waals surface area contributed by atoms with Crippen molar-refractivity contribution in [1.82, 2.24) is 5.32 Å². The highest BCUT2D eigenvalue weighted by Crippen LogP contribution is 2.18. The molecule has 1 fully saturated rings. The average molecular weight is 236 g/mol. The maximum absolute atomic E-state index is 13.3. The molecule has 2 N–H and O–H groups in total. The SMILES string of the molecule is Cc1c(F)cccc1NC(=O)C1CCCCN1. The predicted molar refractivity (Wildman–Crippen MR) is 65.4 cm³/mol. The summed E-state index contributed by atoms with van der Waals surface area (Å²) in [5.41, 5.74) is 1.04. The van der Waals surface area contributed by atoms with Gasteiger partial charge < -0.3 is 10.6 Å². The smallest absolute Gasteiger partial charge is 0.241 e. The van der Waals surface area contributed by atoms with Crippen LogP contribution in [0.3, 0.4) is 0 Å². The normalized spacial score (nSPS) is 20.0. The summed E-state index contributed by atoms with van der Waals surface area (Å²) in [5.74, 6) is -0.363. The molecule has 92 valence electrons. The Morgan fingerprint density at radius 1 is 1.47 bits per heavy atom. The number of nitrogens with one attached hydrogen (secondary N) is 2. The van der Waals surface area contributed by atoms with Crippen LogP contribution in [0.25, 0.3) is 0 Å². The van der Waals surface area contributed by atoms with Crippen molar-refractivity contribution in [1.29, 1.82) is 0 Å². The number of hydrogen-bond donors (Lipinski definition) is 2. The fraction of sp³-hybridized carbons (Fsp3) is 0.462. The van der Waals surface area contributed by atoms with Gasteiger partial charge in [-0.2, -0.15) is 0 Å². The van der Waals surface area contributed by atoms with Crippen LogP contribution in [-0.4, -0.2) is 18.5 Å². The third-order valence-corrected chi connectivity index (χ3v) is 3.15. The molecule has 0 spiro atoms. The average Bonchev–Trinajstić information content (AvgIpc) is 2.36.